The second kappa shape index (κ2) is 4.82. The molecule has 0 amide bonds. The van der Waals surface area contributed by atoms with Crippen LogP contribution in [0.5, 0.6) is 0 Å². The van der Waals surface area contributed by atoms with Crippen molar-refractivity contribution in [2.45, 2.75) is 39.2 Å². The first-order valence-corrected chi connectivity index (χ1v) is 6.11. The van der Waals surface area contributed by atoms with Crippen molar-refractivity contribution in [3.8, 4) is 0 Å². The van der Waals surface area contributed by atoms with E-state index in [-0.39, 0.29) is 0 Å². The van der Waals surface area contributed by atoms with Crippen molar-refractivity contribution in [1.82, 2.24) is 19.7 Å². The van der Waals surface area contributed by atoms with Crippen molar-refractivity contribution in [1.29, 1.82) is 0 Å². The maximum atomic E-state index is 5.84. The molecular weight excluding hydrogens is 202 g/mol. The van der Waals surface area contributed by atoms with Crippen molar-refractivity contribution >= 4 is 5.95 Å². The van der Waals surface area contributed by atoms with E-state index in [2.05, 4.69) is 21.9 Å². The normalized spacial score (nSPS) is 19.1. The highest BCUT2D eigenvalue weighted by Crippen LogP contribution is 2.23. The number of nitrogen functional groups attached to an aromatic ring is 1. The summed E-state index contributed by atoms with van der Waals surface area (Å²) in [6, 6.07) is 0.439. The maximum Gasteiger partial charge on any atom is 0.218 e. The first kappa shape index (κ1) is 11.4. The summed E-state index contributed by atoms with van der Waals surface area (Å²) in [5.41, 5.74) is 5.84. The van der Waals surface area contributed by atoms with Gasteiger partial charge in [-0.3, -0.25) is 0 Å². The Bertz CT molecular complexity index is 338. The van der Waals surface area contributed by atoms with Gasteiger partial charge in [-0.1, -0.05) is 6.92 Å². The van der Waals surface area contributed by atoms with Crippen LogP contribution in [0.4, 0.5) is 5.95 Å². The second-order valence-electron chi connectivity index (χ2n) is 4.53. The third-order valence-electron chi connectivity index (χ3n) is 3.21. The van der Waals surface area contributed by atoms with Gasteiger partial charge in [0.1, 0.15) is 5.82 Å². The highest BCUT2D eigenvalue weighted by Gasteiger charge is 2.22. The Labute approximate surface area is 96.6 Å². The topological polar surface area (TPSA) is 60.0 Å². The minimum absolute atomic E-state index is 0.439. The molecule has 1 aromatic heterocycles. The Morgan fingerprint density at radius 1 is 1.38 bits per heavy atom. The van der Waals surface area contributed by atoms with Crippen LogP contribution in [-0.2, 0) is 0 Å². The quantitative estimate of drug-likeness (QED) is 0.837. The van der Waals surface area contributed by atoms with E-state index in [1.54, 1.807) is 0 Å². The molecule has 16 heavy (non-hydrogen) atoms. The second-order valence-corrected chi connectivity index (χ2v) is 4.53. The molecule has 1 aromatic rings. The van der Waals surface area contributed by atoms with Gasteiger partial charge in [0.05, 0.1) is 6.04 Å². The van der Waals surface area contributed by atoms with Crippen molar-refractivity contribution in [3.05, 3.63) is 5.82 Å². The van der Waals surface area contributed by atoms with Crippen LogP contribution in [0.1, 0.15) is 38.1 Å². The summed E-state index contributed by atoms with van der Waals surface area (Å²) in [5, 5.41) is 4.37. The van der Waals surface area contributed by atoms with Gasteiger partial charge in [-0.05, 0) is 32.7 Å². The van der Waals surface area contributed by atoms with Gasteiger partial charge in [0, 0.05) is 13.1 Å². The van der Waals surface area contributed by atoms with Gasteiger partial charge in [-0.15, -0.1) is 0 Å². The molecule has 90 valence electrons. The molecular formula is C11H21N5. The molecule has 2 rings (SSSR count). The van der Waals surface area contributed by atoms with Crippen molar-refractivity contribution in [2.75, 3.05) is 25.4 Å². The number of piperidine rings is 1. The maximum absolute atomic E-state index is 5.84. The zero-order chi connectivity index (χ0) is 11.5. The van der Waals surface area contributed by atoms with Crippen molar-refractivity contribution < 1.29 is 0 Å². The molecule has 2 N–H and O–H groups in total. The van der Waals surface area contributed by atoms with Gasteiger partial charge in [-0.25, -0.2) is 4.68 Å². The molecule has 0 aromatic carbocycles. The third-order valence-corrected chi connectivity index (χ3v) is 3.21. The smallest absolute Gasteiger partial charge is 0.218 e. The number of aryl methyl sites for hydroxylation is 1. The van der Waals surface area contributed by atoms with Gasteiger partial charge in [-0.2, -0.15) is 10.1 Å². The van der Waals surface area contributed by atoms with Gasteiger partial charge >= 0.3 is 0 Å². The van der Waals surface area contributed by atoms with Gasteiger partial charge in [0.2, 0.25) is 5.95 Å². The Morgan fingerprint density at radius 2 is 2.06 bits per heavy atom. The molecule has 0 radical (unpaired) electrons. The van der Waals surface area contributed by atoms with E-state index in [1.165, 1.54) is 13.0 Å². The number of hydrogen-bond donors (Lipinski definition) is 1. The summed E-state index contributed by atoms with van der Waals surface area (Å²) in [7, 11) is 0. The van der Waals surface area contributed by atoms with Crippen LogP contribution in [0.2, 0.25) is 0 Å². The fraction of sp³-hybridized carbons (Fsp3) is 0.818. The number of aromatic nitrogens is 3. The van der Waals surface area contributed by atoms with Crippen LogP contribution in [0, 0.1) is 6.92 Å². The Kier molecular flexibility index (Phi) is 3.43. The molecule has 0 spiro atoms. The Morgan fingerprint density at radius 3 is 2.56 bits per heavy atom. The number of rotatable bonds is 3. The summed E-state index contributed by atoms with van der Waals surface area (Å²) in [6.45, 7) is 7.62. The van der Waals surface area contributed by atoms with Gasteiger partial charge in [0.25, 0.3) is 0 Å². The van der Waals surface area contributed by atoms with E-state index in [0.29, 0.717) is 12.0 Å². The zero-order valence-electron chi connectivity index (χ0n) is 10.2. The predicted molar refractivity (Wildman–Crippen MR) is 64.2 cm³/mol. The molecule has 0 bridgehead atoms. The molecule has 5 nitrogen and oxygen atoms in total. The van der Waals surface area contributed by atoms with Crippen LogP contribution in [0.3, 0.4) is 0 Å². The number of nitrogens with zero attached hydrogens (tertiary/aromatic N) is 4. The lowest BCUT2D eigenvalue weighted by Gasteiger charge is -2.31. The molecule has 0 aliphatic carbocycles. The van der Waals surface area contributed by atoms with E-state index in [0.717, 1.165) is 31.8 Å². The molecule has 2 heterocycles. The van der Waals surface area contributed by atoms with E-state index in [1.807, 2.05) is 11.6 Å². The van der Waals surface area contributed by atoms with Crippen molar-refractivity contribution in [2.24, 2.45) is 0 Å². The molecule has 1 saturated heterocycles. The van der Waals surface area contributed by atoms with Crippen LogP contribution in [-0.4, -0.2) is 39.3 Å². The summed E-state index contributed by atoms with van der Waals surface area (Å²) >= 11 is 0. The van der Waals surface area contributed by atoms with Crippen LogP contribution >= 0.6 is 0 Å². The lowest BCUT2D eigenvalue weighted by atomic mass is 10.1. The lowest BCUT2D eigenvalue weighted by Crippen LogP contribution is -2.35. The van der Waals surface area contributed by atoms with Crippen LogP contribution in [0.15, 0.2) is 0 Å². The van der Waals surface area contributed by atoms with Crippen LogP contribution in [0.25, 0.3) is 0 Å². The van der Waals surface area contributed by atoms with Gasteiger partial charge < -0.3 is 10.6 Å². The molecule has 1 aliphatic heterocycles. The van der Waals surface area contributed by atoms with E-state index >= 15 is 0 Å². The SMILES string of the molecule is CCCN1CCC(n2nc(C)nc2N)CC1. The first-order valence-electron chi connectivity index (χ1n) is 6.11. The molecule has 1 aliphatic rings. The summed E-state index contributed by atoms with van der Waals surface area (Å²) < 4.78 is 1.90. The minimum atomic E-state index is 0.439. The summed E-state index contributed by atoms with van der Waals surface area (Å²) in [5.74, 6) is 1.33. The molecule has 0 atom stereocenters. The van der Waals surface area contributed by atoms with Gasteiger partial charge in [0.15, 0.2) is 0 Å². The average molecular weight is 223 g/mol. The highest BCUT2D eigenvalue weighted by atomic mass is 15.4. The first-order chi connectivity index (χ1) is 7.70. The predicted octanol–water partition coefficient (Wildman–Crippen LogP) is 1.22. The minimum Gasteiger partial charge on any atom is -0.368 e. The summed E-state index contributed by atoms with van der Waals surface area (Å²) in [4.78, 5) is 6.67. The van der Waals surface area contributed by atoms with E-state index in [9.17, 15) is 0 Å². The fourth-order valence-electron chi connectivity index (χ4n) is 2.42. The monoisotopic (exact) mass is 223 g/mol. The van der Waals surface area contributed by atoms with Crippen molar-refractivity contribution in [3.63, 3.8) is 0 Å². The third kappa shape index (κ3) is 2.35. The molecule has 0 saturated carbocycles. The van der Waals surface area contributed by atoms with E-state index < -0.39 is 0 Å². The highest BCUT2D eigenvalue weighted by molar-refractivity contribution is 5.16. The largest absolute Gasteiger partial charge is 0.368 e. The number of hydrogen-bond acceptors (Lipinski definition) is 4. The molecule has 0 unspecified atom stereocenters. The van der Waals surface area contributed by atoms with E-state index in [4.69, 9.17) is 5.73 Å². The molecule has 1 fully saturated rings. The average Bonchev–Trinajstić information content (AvgIpc) is 2.59. The Hall–Kier alpha value is -1.10. The fourth-order valence-corrected chi connectivity index (χ4v) is 2.42. The number of anilines is 1. The Balaban J connectivity index is 1.96. The number of nitrogens with two attached hydrogens (primary N) is 1. The lowest BCUT2D eigenvalue weighted by molar-refractivity contribution is 0.181. The standard InChI is InChI=1S/C11H21N5/c1-3-6-15-7-4-10(5-8-15)16-11(12)13-9(2)14-16/h10H,3-8H2,1-2H3,(H2,12,13,14). The number of likely N-dealkylation sites (tertiary alicyclic amines) is 1. The molecule has 5 heteroatoms. The summed E-state index contributed by atoms with van der Waals surface area (Å²) in [6.07, 6.45) is 3.50. The zero-order valence-corrected chi connectivity index (χ0v) is 10.2. The van der Waals surface area contributed by atoms with Crippen LogP contribution < -0.4 is 5.73 Å².